The van der Waals surface area contributed by atoms with Crippen molar-refractivity contribution in [3.8, 4) is 0 Å². The molecule has 0 saturated heterocycles. The summed E-state index contributed by atoms with van der Waals surface area (Å²) in [6.07, 6.45) is 6.41. The first-order valence-corrected chi connectivity index (χ1v) is 4.64. The fraction of sp³-hybridized carbons (Fsp3) is 0.250. The van der Waals surface area contributed by atoms with E-state index in [9.17, 15) is 0 Å². The smallest absolute Gasteiger partial charge is 0.101 e. The number of benzene rings is 1. The Morgan fingerprint density at radius 3 is 3.00 bits per heavy atom. The highest BCUT2D eigenvalue weighted by molar-refractivity contribution is 5.42. The molecule has 1 heteroatoms. The Morgan fingerprint density at radius 2 is 2.15 bits per heavy atom. The zero-order valence-corrected chi connectivity index (χ0v) is 7.73. The molecule has 0 aliphatic heterocycles. The van der Waals surface area contributed by atoms with Crippen LogP contribution in [0.3, 0.4) is 0 Å². The predicted octanol–water partition coefficient (Wildman–Crippen LogP) is 2.89. The Morgan fingerprint density at radius 1 is 1.31 bits per heavy atom. The quantitative estimate of drug-likeness (QED) is 0.668. The first kappa shape index (κ1) is 8.52. The Kier molecular flexibility index (Phi) is 2.46. The van der Waals surface area contributed by atoms with Crippen LogP contribution in [0.15, 0.2) is 36.4 Å². The lowest BCUT2D eigenvalue weighted by molar-refractivity contribution is 0.0956. The van der Waals surface area contributed by atoms with Gasteiger partial charge in [0.15, 0.2) is 0 Å². The highest BCUT2D eigenvalue weighted by Gasteiger charge is 2.14. The standard InChI is InChI=1S/C12H13O/c1-2-13-12-9-5-7-10-6-3-4-8-11(10)12/h3-9,12H,2H2,1H3. The van der Waals surface area contributed by atoms with Crippen molar-refractivity contribution >= 4 is 0 Å². The Balaban J connectivity index is 2.31. The molecule has 1 aromatic carbocycles. The molecule has 67 valence electrons. The van der Waals surface area contributed by atoms with Crippen LogP contribution in [0, 0.1) is 6.42 Å². The van der Waals surface area contributed by atoms with Crippen LogP contribution in [0.2, 0.25) is 0 Å². The lowest BCUT2D eigenvalue weighted by atomic mass is 9.95. The molecule has 1 unspecified atom stereocenters. The number of hydrogen-bond donors (Lipinski definition) is 0. The Hall–Kier alpha value is -1.08. The molecular formula is C12H13O. The van der Waals surface area contributed by atoms with Gasteiger partial charge in [0.2, 0.25) is 0 Å². The summed E-state index contributed by atoms with van der Waals surface area (Å²) in [6.45, 7) is 2.78. The molecule has 0 aromatic heterocycles. The maximum absolute atomic E-state index is 5.60. The maximum Gasteiger partial charge on any atom is 0.101 e. The molecule has 1 aromatic rings. The zero-order valence-electron chi connectivity index (χ0n) is 7.73. The van der Waals surface area contributed by atoms with E-state index in [0.29, 0.717) is 0 Å². The molecule has 1 aliphatic carbocycles. The summed E-state index contributed by atoms with van der Waals surface area (Å²) < 4.78 is 5.60. The van der Waals surface area contributed by atoms with E-state index in [4.69, 9.17) is 4.74 Å². The summed E-state index contributed by atoms with van der Waals surface area (Å²) in [7, 11) is 0. The molecule has 2 rings (SSSR count). The topological polar surface area (TPSA) is 9.23 Å². The molecule has 1 aliphatic rings. The molecule has 0 heterocycles. The normalized spacial score (nSPS) is 19.9. The van der Waals surface area contributed by atoms with Crippen LogP contribution in [-0.4, -0.2) is 6.61 Å². The van der Waals surface area contributed by atoms with Crippen molar-refractivity contribution in [2.75, 3.05) is 6.61 Å². The SMILES string of the molecule is CCOC1C=C[CH]c2ccccc21. The molecule has 0 fully saturated rings. The van der Waals surface area contributed by atoms with Gasteiger partial charge in [0.25, 0.3) is 0 Å². The van der Waals surface area contributed by atoms with Crippen molar-refractivity contribution in [2.24, 2.45) is 0 Å². The lowest BCUT2D eigenvalue weighted by Crippen LogP contribution is -2.07. The summed E-state index contributed by atoms with van der Waals surface area (Å²) in [5, 5.41) is 0. The van der Waals surface area contributed by atoms with Crippen molar-refractivity contribution < 1.29 is 4.74 Å². The lowest BCUT2D eigenvalue weighted by Gasteiger charge is -2.20. The van der Waals surface area contributed by atoms with Gasteiger partial charge in [0, 0.05) is 13.0 Å². The minimum atomic E-state index is 0.145. The van der Waals surface area contributed by atoms with E-state index >= 15 is 0 Å². The number of ether oxygens (including phenoxy) is 1. The first-order chi connectivity index (χ1) is 6.42. The van der Waals surface area contributed by atoms with E-state index in [1.165, 1.54) is 11.1 Å². The van der Waals surface area contributed by atoms with Gasteiger partial charge >= 0.3 is 0 Å². The van der Waals surface area contributed by atoms with Crippen LogP contribution in [-0.2, 0) is 4.74 Å². The molecule has 0 bridgehead atoms. The van der Waals surface area contributed by atoms with Crippen molar-refractivity contribution in [1.82, 2.24) is 0 Å². The van der Waals surface area contributed by atoms with Crippen LogP contribution in [0.4, 0.5) is 0 Å². The van der Waals surface area contributed by atoms with E-state index in [1.54, 1.807) is 0 Å². The average Bonchev–Trinajstić information content (AvgIpc) is 2.19. The Labute approximate surface area is 79.0 Å². The van der Waals surface area contributed by atoms with Crippen molar-refractivity contribution in [3.05, 3.63) is 54.0 Å². The van der Waals surface area contributed by atoms with Gasteiger partial charge in [-0.05, 0) is 18.1 Å². The molecule has 0 saturated carbocycles. The second-order valence-electron chi connectivity index (χ2n) is 3.06. The van der Waals surface area contributed by atoms with E-state index < -0.39 is 0 Å². The second-order valence-corrected chi connectivity index (χ2v) is 3.06. The third-order valence-electron chi connectivity index (χ3n) is 2.21. The second kappa shape index (κ2) is 3.75. The third-order valence-corrected chi connectivity index (χ3v) is 2.21. The van der Waals surface area contributed by atoms with Gasteiger partial charge in [-0.1, -0.05) is 36.4 Å². The highest BCUT2D eigenvalue weighted by Crippen LogP contribution is 2.28. The van der Waals surface area contributed by atoms with E-state index in [1.807, 2.05) is 6.92 Å². The zero-order chi connectivity index (χ0) is 9.10. The molecule has 0 amide bonds. The average molecular weight is 173 g/mol. The molecule has 0 N–H and O–H groups in total. The maximum atomic E-state index is 5.60. The van der Waals surface area contributed by atoms with Gasteiger partial charge in [-0.15, -0.1) is 0 Å². The molecule has 0 spiro atoms. The summed E-state index contributed by atoms with van der Waals surface area (Å²) in [5.41, 5.74) is 2.54. The highest BCUT2D eigenvalue weighted by atomic mass is 16.5. The monoisotopic (exact) mass is 173 g/mol. The van der Waals surface area contributed by atoms with Crippen molar-refractivity contribution in [2.45, 2.75) is 13.0 Å². The minimum absolute atomic E-state index is 0.145. The minimum Gasteiger partial charge on any atom is -0.370 e. The van der Waals surface area contributed by atoms with Crippen LogP contribution in [0.25, 0.3) is 0 Å². The van der Waals surface area contributed by atoms with Crippen molar-refractivity contribution in [3.63, 3.8) is 0 Å². The molecule has 1 nitrogen and oxygen atoms in total. The Bertz CT molecular complexity index is 315. The predicted molar refractivity (Wildman–Crippen MR) is 53.4 cm³/mol. The van der Waals surface area contributed by atoms with Gasteiger partial charge in [-0.3, -0.25) is 0 Å². The number of hydrogen-bond acceptors (Lipinski definition) is 1. The van der Waals surface area contributed by atoms with Crippen LogP contribution >= 0.6 is 0 Å². The molecule has 13 heavy (non-hydrogen) atoms. The van der Waals surface area contributed by atoms with Crippen molar-refractivity contribution in [1.29, 1.82) is 0 Å². The largest absolute Gasteiger partial charge is 0.370 e. The van der Waals surface area contributed by atoms with Crippen LogP contribution < -0.4 is 0 Å². The summed E-state index contributed by atoms with van der Waals surface area (Å²) in [5.74, 6) is 0. The molecule has 1 atom stereocenters. The fourth-order valence-electron chi connectivity index (χ4n) is 1.61. The summed E-state index contributed by atoms with van der Waals surface area (Å²) in [6, 6.07) is 8.34. The summed E-state index contributed by atoms with van der Waals surface area (Å²) in [4.78, 5) is 0. The van der Waals surface area contributed by atoms with Gasteiger partial charge in [-0.25, -0.2) is 0 Å². The van der Waals surface area contributed by atoms with Crippen LogP contribution in [0.1, 0.15) is 24.2 Å². The van der Waals surface area contributed by atoms with Gasteiger partial charge in [-0.2, -0.15) is 0 Å². The fourth-order valence-corrected chi connectivity index (χ4v) is 1.61. The number of allylic oxidation sites excluding steroid dienone is 1. The third kappa shape index (κ3) is 1.65. The molecular weight excluding hydrogens is 160 g/mol. The van der Waals surface area contributed by atoms with E-state index in [0.717, 1.165) is 6.61 Å². The first-order valence-electron chi connectivity index (χ1n) is 4.64. The number of fused-ring (bicyclic) bond motifs is 1. The van der Waals surface area contributed by atoms with Crippen LogP contribution in [0.5, 0.6) is 0 Å². The van der Waals surface area contributed by atoms with Gasteiger partial charge < -0.3 is 4.74 Å². The van der Waals surface area contributed by atoms with Gasteiger partial charge in [0.1, 0.15) is 6.10 Å². The van der Waals surface area contributed by atoms with E-state index in [2.05, 4.69) is 42.8 Å². The summed E-state index contributed by atoms with van der Waals surface area (Å²) >= 11 is 0. The molecule has 1 radical (unpaired) electrons. The number of rotatable bonds is 2. The van der Waals surface area contributed by atoms with Gasteiger partial charge in [0.05, 0.1) is 0 Å². The van der Waals surface area contributed by atoms with E-state index in [-0.39, 0.29) is 6.10 Å².